The van der Waals surface area contributed by atoms with Crippen LogP contribution in [-0.2, 0) is 10.0 Å². The van der Waals surface area contributed by atoms with Gasteiger partial charge in [-0.2, -0.15) is 8.42 Å². The molecule has 0 atom stereocenters. The first-order valence-electron chi connectivity index (χ1n) is 6.53. The topological polar surface area (TPSA) is 37.4 Å². The molecule has 0 spiro atoms. The number of hydrogen-bond acceptors (Lipinski definition) is 2. The Balaban J connectivity index is 2.33. The summed E-state index contributed by atoms with van der Waals surface area (Å²) in [6.45, 7) is 3.87. The zero-order valence-corrected chi connectivity index (χ0v) is 13.1. The van der Waals surface area contributed by atoms with Crippen LogP contribution in [0.1, 0.15) is 16.7 Å². The van der Waals surface area contributed by atoms with Crippen LogP contribution >= 0.6 is 0 Å². The number of anilines is 1. The number of sulfonamides is 1. The maximum atomic E-state index is 12.3. The Morgan fingerprint density at radius 1 is 0.952 bits per heavy atom. The first-order valence-corrected chi connectivity index (χ1v) is 7.97. The van der Waals surface area contributed by atoms with Gasteiger partial charge in [0.25, 0.3) is 0 Å². The molecule has 0 bridgehead atoms. The van der Waals surface area contributed by atoms with E-state index in [1.54, 1.807) is 12.1 Å². The van der Waals surface area contributed by atoms with Crippen LogP contribution in [0.2, 0.25) is 0 Å². The summed E-state index contributed by atoms with van der Waals surface area (Å²) in [5, 5.41) is 2.36. The van der Waals surface area contributed by atoms with E-state index < -0.39 is 10.0 Å². The third-order valence-corrected chi connectivity index (χ3v) is 4.32. The van der Waals surface area contributed by atoms with Gasteiger partial charge in [-0.1, -0.05) is 24.3 Å². The first-order chi connectivity index (χ1) is 9.88. The number of hydrogen-bond donors (Lipinski definition) is 0. The summed E-state index contributed by atoms with van der Waals surface area (Å²) >= 11 is 0. The van der Waals surface area contributed by atoms with Crippen molar-refractivity contribution in [2.45, 2.75) is 13.8 Å². The zero-order chi connectivity index (χ0) is 15.5. The Labute approximate surface area is 126 Å². The summed E-state index contributed by atoms with van der Waals surface area (Å²) in [7, 11) is -2.16. The van der Waals surface area contributed by atoms with Crippen molar-refractivity contribution in [2.75, 3.05) is 11.4 Å². The van der Waals surface area contributed by atoms with Gasteiger partial charge in [0.05, 0.1) is 10.9 Å². The van der Waals surface area contributed by atoms with E-state index >= 15 is 0 Å². The van der Waals surface area contributed by atoms with Gasteiger partial charge in [-0.3, -0.25) is 4.31 Å². The summed E-state index contributed by atoms with van der Waals surface area (Å²) in [6.07, 6.45) is 0. The molecule has 3 nitrogen and oxygen atoms in total. The minimum Gasteiger partial charge on any atom is -0.263 e. The molecule has 0 heterocycles. The van der Waals surface area contributed by atoms with E-state index in [2.05, 4.69) is 11.2 Å². The van der Waals surface area contributed by atoms with Crippen LogP contribution in [0.5, 0.6) is 0 Å². The molecule has 108 valence electrons. The second kappa shape index (κ2) is 6.02. The van der Waals surface area contributed by atoms with Crippen LogP contribution < -0.4 is 4.31 Å². The lowest BCUT2D eigenvalue weighted by atomic mass is 10.1. The summed E-state index contributed by atoms with van der Waals surface area (Å²) in [4.78, 5) is 0. The summed E-state index contributed by atoms with van der Waals surface area (Å²) in [6, 6.07) is 14.7. The summed E-state index contributed by atoms with van der Waals surface area (Å²) < 4.78 is 25.8. The molecule has 0 aliphatic heterocycles. The van der Waals surface area contributed by atoms with Gasteiger partial charge in [-0.05, 0) is 55.2 Å². The molecule has 2 aromatic rings. The molecule has 21 heavy (non-hydrogen) atoms. The number of rotatable bonds is 2. The van der Waals surface area contributed by atoms with Crippen molar-refractivity contribution in [2.24, 2.45) is 0 Å². The molecule has 0 aliphatic carbocycles. The maximum absolute atomic E-state index is 12.3. The molecular formula is C17H17NO2S. The SMILES string of the molecule is Cc1cc(C)cc(N(C)S(=O)(=O)C#Cc2ccccc2)c1. The van der Waals surface area contributed by atoms with Crippen molar-refractivity contribution >= 4 is 15.7 Å². The van der Waals surface area contributed by atoms with E-state index in [1.165, 1.54) is 11.4 Å². The van der Waals surface area contributed by atoms with Crippen molar-refractivity contribution < 1.29 is 8.42 Å². The fraction of sp³-hybridized carbons (Fsp3) is 0.176. The van der Waals surface area contributed by atoms with Crippen molar-refractivity contribution in [1.29, 1.82) is 0 Å². The van der Waals surface area contributed by atoms with Crippen molar-refractivity contribution in [3.8, 4) is 11.2 Å². The Bertz CT molecular complexity index is 779. The van der Waals surface area contributed by atoms with Crippen molar-refractivity contribution in [3.05, 3.63) is 65.2 Å². The van der Waals surface area contributed by atoms with Crippen molar-refractivity contribution in [1.82, 2.24) is 0 Å². The fourth-order valence-electron chi connectivity index (χ4n) is 1.98. The van der Waals surface area contributed by atoms with E-state index in [0.29, 0.717) is 11.3 Å². The average Bonchev–Trinajstić information content (AvgIpc) is 2.44. The minimum absolute atomic E-state index is 0.620. The van der Waals surface area contributed by atoms with Crippen molar-refractivity contribution in [3.63, 3.8) is 0 Å². The van der Waals surface area contributed by atoms with Gasteiger partial charge in [-0.25, -0.2) is 0 Å². The predicted octanol–water partition coefficient (Wildman–Crippen LogP) is 3.08. The molecule has 0 unspecified atom stereocenters. The van der Waals surface area contributed by atoms with Gasteiger partial charge in [0.2, 0.25) is 0 Å². The number of nitrogens with zero attached hydrogens (tertiary/aromatic N) is 1. The molecule has 4 heteroatoms. The molecule has 0 aliphatic rings. The van der Waals surface area contributed by atoms with E-state index in [4.69, 9.17) is 0 Å². The van der Waals surface area contributed by atoms with Gasteiger partial charge >= 0.3 is 10.0 Å². The lowest BCUT2D eigenvalue weighted by Gasteiger charge is -2.16. The third kappa shape index (κ3) is 3.87. The molecule has 2 rings (SSSR count). The molecular weight excluding hydrogens is 282 g/mol. The highest BCUT2D eigenvalue weighted by Gasteiger charge is 2.15. The van der Waals surface area contributed by atoms with Crippen LogP contribution in [0.25, 0.3) is 0 Å². The lowest BCUT2D eigenvalue weighted by Crippen LogP contribution is -2.24. The second-order valence-electron chi connectivity index (χ2n) is 4.91. The minimum atomic E-state index is -3.67. The summed E-state index contributed by atoms with van der Waals surface area (Å²) in [5.74, 6) is 2.69. The quantitative estimate of drug-likeness (QED) is 0.799. The number of aryl methyl sites for hydroxylation is 2. The molecule has 0 amide bonds. The van der Waals surface area contributed by atoms with E-state index in [1.807, 2.05) is 50.2 Å². The first kappa shape index (κ1) is 15.1. The van der Waals surface area contributed by atoms with Gasteiger partial charge < -0.3 is 0 Å². The fourth-order valence-corrected chi connectivity index (χ4v) is 2.75. The molecule has 0 aromatic heterocycles. The molecule has 0 saturated carbocycles. The zero-order valence-electron chi connectivity index (χ0n) is 12.3. The van der Waals surface area contributed by atoms with E-state index in [0.717, 1.165) is 11.1 Å². The van der Waals surface area contributed by atoms with Gasteiger partial charge in [0.15, 0.2) is 0 Å². The predicted molar refractivity (Wildman–Crippen MR) is 86.6 cm³/mol. The smallest absolute Gasteiger partial charge is 0.263 e. The highest BCUT2D eigenvalue weighted by Crippen LogP contribution is 2.20. The molecule has 0 radical (unpaired) electrons. The van der Waals surface area contributed by atoms with Crippen LogP contribution in [-0.4, -0.2) is 15.5 Å². The van der Waals surface area contributed by atoms with Crippen LogP contribution in [0.3, 0.4) is 0 Å². The Kier molecular flexibility index (Phi) is 4.35. The molecule has 2 aromatic carbocycles. The number of benzene rings is 2. The van der Waals surface area contributed by atoms with Gasteiger partial charge in [0.1, 0.15) is 0 Å². The van der Waals surface area contributed by atoms with Gasteiger partial charge in [0, 0.05) is 12.6 Å². The Hall–Kier alpha value is -2.25. The molecule has 0 saturated heterocycles. The highest BCUT2D eigenvalue weighted by molar-refractivity contribution is 7.97. The van der Waals surface area contributed by atoms with E-state index in [-0.39, 0.29) is 0 Å². The monoisotopic (exact) mass is 299 g/mol. The normalized spacial score (nSPS) is 10.6. The van der Waals surface area contributed by atoms with Gasteiger partial charge in [-0.15, -0.1) is 0 Å². The lowest BCUT2D eigenvalue weighted by molar-refractivity contribution is 0.604. The largest absolute Gasteiger partial charge is 0.304 e. The van der Waals surface area contributed by atoms with Crippen LogP contribution in [0.4, 0.5) is 5.69 Å². The maximum Gasteiger partial charge on any atom is 0.304 e. The van der Waals surface area contributed by atoms with Crippen LogP contribution in [0, 0.1) is 25.0 Å². The van der Waals surface area contributed by atoms with E-state index in [9.17, 15) is 8.42 Å². The van der Waals surface area contributed by atoms with Crippen LogP contribution in [0.15, 0.2) is 48.5 Å². The second-order valence-corrected chi connectivity index (χ2v) is 6.61. The highest BCUT2D eigenvalue weighted by atomic mass is 32.2. The third-order valence-electron chi connectivity index (χ3n) is 3.03. The summed E-state index contributed by atoms with van der Waals surface area (Å²) in [5.41, 5.74) is 3.33. The standard InChI is InChI=1S/C17H17NO2S/c1-14-11-15(2)13-17(12-14)18(3)21(19,20)10-9-16-7-5-4-6-8-16/h4-8,11-13H,1-3H3. The molecule has 0 N–H and O–H groups in total. The average molecular weight is 299 g/mol. The Morgan fingerprint density at radius 2 is 1.52 bits per heavy atom. The Morgan fingerprint density at radius 3 is 2.10 bits per heavy atom. The molecule has 0 fully saturated rings.